The number of primary amides is 1. The largest absolute Gasteiger partial charge is 0.485 e. The average Bonchev–Trinajstić information content (AvgIpc) is 3.30. The molecular formula is C22H21F2N5O3. The number of amides is 1. The summed E-state index contributed by atoms with van der Waals surface area (Å²) in [5, 5.41) is 4.29. The van der Waals surface area contributed by atoms with Gasteiger partial charge in [-0.15, -0.1) is 0 Å². The smallest absolute Gasteiger partial charge is 0.404 e. The van der Waals surface area contributed by atoms with Crippen LogP contribution in [0.3, 0.4) is 0 Å². The van der Waals surface area contributed by atoms with Crippen molar-refractivity contribution in [3.8, 4) is 17.0 Å². The third-order valence-corrected chi connectivity index (χ3v) is 4.90. The van der Waals surface area contributed by atoms with Crippen LogP contribution in [-0.4, -0.2) is 31.9 Å². The molecule has 0 atom stereocenters. The third kappa shape index (κ3) is 4.25. The van der Waals surface area contributed by atoms with Crippen molar-refractivity contribution < 1.29 is 23.0 Å². The van der Waals surface area contributed by atoms with Gasteiger partial charge in [-0.3, -0.25) is 9.08 Å². The molecule has 0 unspecified atom stereocenters. The van der Waals surface area contributed by atoms with Crippen LogP contribution in [0.15, 0.2) is 42.9 Å². The highest BCUT2D eigenvalue weighted by molar-refractivity contribution is 5.69. The quantitative estimate of drug-likeness (QED) is 0.471. The van der Waals surface area contributed by atoms with Crippen LogP contribution in [0.1, 0.15) is 16.8 Å². The van der Waals surface area contributed by atoms with Crippen molar-refractivity contribution in [3.05, 3.63) is 71.3 Å². The van der Waals surface area contributed by atoms with Gasteiger partial charge in [0.15, 0.2) is 11.4 Å². The molecule has 0 spiro atoms. The zero-order valence-corrected chi connectivity index (χ0v) is 17.5. The number of rotatable bonds is 7. The standard InChI is InChI=1S/C22H21F2N5O3/c1-13-8-19(32-12-16-17(23)4-3-5-18(16)24)21-27-14(2)20(29(21)10-13)15-9-26-28(11-15)6-7-31-22(25)30/h3-5,8-11H,6-7,12H2,1-2H3,(H2,25,30). The molecule has 0 saturated heterocycles. The number of fused-ring (bicyclic) bond motifs is 1. The molecule has 166 valence electrons. The molecule has 0 radical (unpaired) electrons. The van der Waals surface area contributed by atoms with E-state index >= 15 is 0 Å². The molecule has 4 rings (SSSR count). The first kappa shape index (κ1) is 21.3. The average molecular weight is 441 g/mol. The molecule has 0 fully saturated rings. The molecule has 0 aliphatic carbocycles. The highest BCUT2D eigenvalue weighted by Gasteiger charge is 2.18. The van der Waals surface area contributed by atoms with Crippen LogP contribution >= 0.6 is 0 Å². The summed E-state index contributed by atoms with van der Waals surface area (Å²) in [6.07, 6.45) is 4.54. The summed E-state index contributed by atoms with van der Waals surface area (Å²) in [5.41, 5.74) is 8.55. The number of aryl methyl sites for hydroxylation is 2. The predicted molar refractivity (Wildman–Crippen MR) is 112 cm³/mol. The Morgan fingerprint density at radius 2 is 1.94 bits per heavy atom. The van der Waals surface area contributed by atoms with E-state index in [2.05, 4.69) is 10.1 Å². The van der Waals surface area contributed by atoms with Crippen molar-refractivity contribution in [2.24, 2.45) is 5.73 Å². The molecule has 32 heavy (non-hydrogen) atoms. The van der Waals surface area contributed by atoms with Gasteiger partial charge in [-0.1, -0.05) is 6.07 Å². The Hall–Kier alpha value is -3.95. The van der Waals surface area contributed by atoms with Crippen LogP contribution in [0, 0.1) is 25.5 Å². The van der Waals surface area contributed by atoms with Gasteiger partial charge in [-0.2, -0.15) is 5.10 Å². The fourth-order valence-electron chi connectivity index (χ4n) is 3.48. The van der Waals surface area contributed by atoms with E-state index in [4.69, 9.17) is 15.2 Å². The molecule has 4 aromatic rings. The maximum Gasteiger partial charge on any atom is 0.404 e. The maximum absolute atomic E-state index is 14.0. The van der Waals surface area contributed by atoms with Gasteiger partial charge < -0.3 is 15.2 Å². The summed E-state index contributed by atoms with van der Waals surface area (Å²) < 4.78 is 42.0. The second-order valence-electron chi connectivity index (χ2n) is 7.27. The minimum Gasteiger partial charge on any atom is -0.485 e. The lowest BCUT2D eigenvalue weighted by Gasteiger charge is -2.11. The van der Waals surface area contributed by atoms with E-state index in [-0.39, 0.29) is 18.8 Å². The second kappa shape index (κ2) is 8.66. The Bertz CT molecular complexity index is 1280. The number of pyridine rings is 1. The van der Waals surface area contributed by atoms with Gasteiger partial charge in [-0.05, 0) is 37.6 Å². The highest BCUT2D eigenvalue weighted by atomic mass is 19.1. The lowest BCUT2D eigenvalue weighted by atomic mass is 10.2. The van der Waals surface area contributed by atoms with E-state index in [1.54, 1.807) is 23.1 Å². The summed E-state index contributed by atoms with van der Waals surface area (Å²) in [5.74, 6) is -0.924. The number of ether oxygens (including phenoxy) is 2. The molecule has 0 bridgehead atoms. The molecule has 1 amide bonds. The zero-order chi connectivity index (χ0) is 22.8. The molecule has 10 heteroatoms. The first-order valence-electron chi connectivity index (χ1n) is 9.83. The van der Waals surface area contributed by atoms with Gasteiger partial charge in [0, 0.05) is 18.0 Å². The lowest BCUT2D eigenvalue weighted by molar-refractivity contribution is 0.151. The minimum absolute atomic E-state index is 0.103. The van der Waals surface area contributed by atoms with Crippen molar-refractivity contribution in [1.29, 1.82) is 0 Å². The van der Waals surface area contributed by atoms with Crippen LogP contribution in [0.4, 0.5) is 13.6 Å². The van der Waals surface area contributed by atoms with Crippen LogP contribution < -0.4 is 10.5 Å². The monoisotopic (exact) mass is 441 g/mol. The summed E-state index contributed by atoms with van der Waals surface area (Å²) >= 11 is 0. The number of halogens is 2. The number of hydrogen-bond donors (Lipinski definition) is 1. The van der Waals surface area contributed by atoms with Crippen LogP contribution in [-0.2, 0) is 17.9 Å². The van der Waals surface area contributed by atoms with Crippen LogP contribution in [0.2, 0.25) is 0 Å². The summed E-state index contributed by atoms with van der Waals surface area (Å²) in [7, 11) is 0. The van der Waals surface area contributed by atoms with Crippen molar-refractivity contribution >= 4 is 11.7 Å². The highest BCUT2D eigenvalue weighted by Crippen LogP contribution is 2.30. The number of imidazole rings is 1. The molecule has 1 aromatic carbocycles. The van der Waals surface area contributed by atoms with Gasteiger partial charge in [0.05, 0.1) is 29.7 Å². The van der Waals surface area contributed by atoms with Gasteiger partial charge in [-0.25, -0.2) is 18.6 Å². The predicted octanol–water partition coefficient (Wildman–Crippen LogP) is 3.77. The number of carbonyl (C=O) groups excluding carboxylic acids is 1. The molecule has 0 aliphatic rings. The van der Waals surface area contributed by atoms with Crippen molar-refractivity contribution in [2.45, 2.75) is 27.0 Å². The Morgan fingerprint density at radius 3 is 2.66 bits per heavy atom. The number of carbonyl (C=O) groups is 1. The number of aromatic nitrogens is 4. The van der Waals surface area contributed by atoms with Crippen molar-refractivity contribution in [2.75, 3.05) is 6.61 Å². The lowest BCUT2D eigenvalue weighted by Crippen LogP contribution is -2.16. The van der Waals surface area contributed by atoms with E-state index in [9.17, 15) is 13.6 Å². The molecule has 3 aromatic heterocycles. The first-order chi connectivity index (χ1) is 15.3. The number of benzene rings is 1. The Morgan fingerprint density at radius 1 is 1.19 bits per heavy atom. The molecule has 0 saturated carbocycles. The summed E-state index contributed by atoms with van der Waals surface area (Å²) in [4.78, 5) is 15.3. The number of nitrogens with two attached hydrogens (primary N) is 1. The van der Waals surface area contributed by atoms with E-state index < -0.39 is 17.7 Å². The van der Waals surface area contributed by atoms with Gasteiger partial charge in [0.2, 0.25) is 0 Å². The van der Waals surface area contributed by atoms with Gasteiger partial charge in [0.1, 0.15) is 24.8 Å². The van der Waals surface area contributed by atoms with Crippen LogP contribution in [0.25, 0.3) is 16.9 Å². The summed E-state index contributed by atoms with van der Waals surface area (Å²) in [6.45, 7) is 3.93. The normalized spacial score (nSPS) is 11.1. The Labute approximate surface area is 182 Å². The van der Waals surface area contributed by atoms with Crippen molar-refractivity contribution in [1.82, 2.24) is 19.2 Å². The molecular weight excluding hydrogens is 420 g/mol. The first-order valence-corrected chi connectivity index (χ1v) is 9.83. The van der Waals surface area contributed by atoms with Gasteiger partial charge >= 0.3 is 6.09 Å². The van der Waals surface area contributed by atoms with E-state index in [1.807, 2.05) is 24.4 Å². The van der Waals surface area contributed by atoms with Crippen molar-refractivity contribution in [3.63, 3.8) is 0 Å². The number of nitrogens with zero attached hydrogens (tertiary/aromatic N) is 4. The van der Waals surface area contributed by atoms with E-state index in [0.717, 1.165) is 22.5 Å². The van der Waals surface area contributed by atoms with Gasteiger partial charge in [0.25, 0.3) is 0 Å². The molecule has 2 N–H and O–H groups in total. The zero-order valence-electron chi connectivity index (χ0n) is 17.5. The fraction of sp³-hybridized carbons (Fsp3) is 0.227. The van der Waals surface area contributed by atoms with Crippen LogP contribution in [0.5, 0.6) is 5.75 Å². The SMILES string of the molecule is Cc1cc(OCc2c(F)cccc2F)c2nc(C)c(-c3cnn(CCOC(N)=O)c3)n2c1. The van der Waals surface area contributed by atoms with E-state index in [1.165, 1.54) is 18.2 Å². The molecule has 8 nitrogen and oxygen atoms in total. The third-order valence-electron chi connectivity index (χ3n) is 4.90. The maximum atomic E-state index is 14.0. The fourth-order valence-corrected chi connectivity index (χ4v) is 3.48. The Kier molecular flexibility index (Phi) is 5.76. The number of hydrogen-bond acceptors (Lipinski definition) is 5. The molecule has 0 aliphatic heterocycles. The minimum atomic E-state index is -0.840. The Balaban J connectivity index is 1.65. The topological polar surface area (TPSA) is 96.7 Å². The summed E-state index contributed by atoms with van der Waals surface area (Å²) in [6, 6.07) is 5.47. The molecule has 3 heterocycles. The van der Waals surface area contributed by atoms with E-state index in [0.29, 0.717) is 17.9 Å². The second-order valence-corrected chi connectivity index (χ2v) is 7.27.